The van der Waals surface area contributed by atoms with Gasteiger partial charge < -0.3 is 14.0 Å². The lowest BCUT2D eigenvalue weighted by atomic mass is 10.2. The first-order chi connectivity index (χ1) is 13.2. The molecule has 0 fully saturated rings. The summed E-state index contributed by atoms with van der Waals surface area (Å²) in [4.78, 5) is 4.41. The van der Waals surface area contributed by atoms with Crippen LogP contribution in [0.3, 0.4) is 0 Å². The molecular formula is C18H12FN5O3. The molecule has 0 radical (unpaired) electrons. The van der Waals surface area contributed by atoms with Gasteiger partial charge in [-0.3, -0.25) is 0 Å². The maximum atomic E-state index is 13.1. The number of rotatable bonds is 3. The van der Waals surface area contributed by atoms with Crippen LogP contribution >= 0.6 is 0 Å². The second kappa shape index (κ2) is 5.90. The van der Waals surface area contributed by atoms with Crippen LogP contribution in [0.25, 0.3) is 28.7 Å². The molecule has 8 nitrogen and oxygen atoms in total. The van der Waals surface area contributed by atoms with Crippen LogP contribution in [0.2, 0.25) is 0 Å². The van der Waals surface area contributed by atoms with Crippen LogP contribution in [0.15, 0.2) is 47.0 Å². The van der Waals surface area contributed by atoms with Gasteiger partial charge in [-0.05, 0) is 49.4 Å². The largest absolute Gasteiger partial charge is 0.454 e. The smallest absolute Gasteiger partial charge is 0.280 e. The van der Waals surface area contributed by atoms with E-state index in [9.17, 15) is 4.39 Å². The number of benzene rings is 2. The first kappa shape index (κ1) is 15.5. The van der Waals surface area contributed by atoms with Gasteiger partial charge in [-0.2, -0.15) is 4.98 Å². The molecule has 2 aromatic heterocycles. The summed E-state index contributed by atoms with van der Waals surface area (Å²) in [6.45, 7) is 2.02. The quantitative estimate of drug-likeness (QED) is 0.551. The number of hydrogen-bond acceptors (Lipinski definition) is 7. The van der Waals surface area contributed by atoms with Gasteiger partial charge in [0.2, 0.25) is 12.6 Å². The van der Waals surface area contributed by atoms with Crippen molar-refractivity contribution >= 4 is 0 Å². The molecule has 0 atom stereocenters. The zero-order valence-electron chi connectivity index (χ0n) is 14.1. The standard InChI is InChI=1S/C18H12FN5O3/c1-10-16(21-23-24(10)13-5-3-12(19)4-6-13)18-20-17(22-27-18)11-2-7-14-15(8-11)26-9-25-14/h2-8H,9H2,1H3. The van der Waals surface area contributed by atoms with Crippen LogP contribution < -0.4 is 9.47 Å². The van der Waals surface area contributed by atoms with E-state index in [1.54, 1.807) is 28.9 Å². The van der Waals surface area contributed by atoms with Crippen molar-refractivity contribution in [3.63, 3.8) is 0 Å². The van der Waals surface area contributed by atoms with Crippen molar-refractivity contribution in [1.82, 2.24) is 25.1 Å². The fraction of sp³-hybridized carbons (Fsp3) is 0.111. The average molecular weight is 365 g/mol. The van der Waals surface area contributed by atoms with E-state index in [1.165, 1.54) is 12.1 Å². The summed E-state index contributed by atoms with van der Waals surface area (Å²) in [5, 5.41) is 12.2. The monoisotopic (exact) mass is 365 g/mol. The van der Waals surface area contributed by atoms with Crippen LogP contribution in [0.4, 0.5) is 4.39 Å². The fourth-order valence-corrected chi connectivity index (χ4v) is 2.83. The van der Waals surface area contributed by atoms with E-state index in [4.69, 9.17) is 14.0 Å². The van der Waals surface area contributed by atoms with Gasteiger partial charge in [0.25, 0.3) is 5.89 Å². The number of halogens is 1. The molecule has 1 aliphatic heterocycles. The Morgan fingerprint density at radius 3 is 2.70 bits per heavy atom. The molecule has 0 saturated heterocycles. The molecule has 0 spiro atoms. The van der Waals surface area contributed by atoms with Crippen LogP contribution in [0.5, 0.6) is 11.5 Å². The molecule has 0 saturated carbocycles. The normalized spacial score (nSPS) is 12.5. The Morgan fingerprint density at radius 2 is 1.85 bits per heavy atom. The summed E-state index contributed by atoms with van der Waals surface area (Å²) < 4.78 is 30.7. The van der Waals surface area contributed by atoms with Gasteiger partial charge in [-0.1, -0.05) is 10.4 Å². The number of aromatic nitrogens is 5. The van der Waals surface area contributed by atoms with E-state index < -0.39 is 0 Å². The summed E-state index contributed by atoms with van der Waals surface area (Å²) in [6, 6.07) is 11.4. The summed E-state index contributed by atoms with van der Waals surface area (Å²) in [5.74, 6) is 1.65. The van der Waals surface area contributed by atoms with Crippen LogP contribution in [0, 0.1) is 12.7 Å². The van der Waals surface area contributed by atoms with Gasteiger partial charge in [-0.15, -0.1) is 5.10 Å². The summed E-state index contributed by atoms with van der Waals surface area (Å²) in [7, 11) is 0. The molecule has 0 N–H and O–H groups in total. The van der Waals surface area contributed by atoms with Crippen LogP contribution in [0.1, 0.15) is 5.69 Å². The zero-order valence-corrected chi connectivity index (χ0v) is 14.1. The summed E-state index contributed by atoms with van der Waals surface area (Å²) >= 11 is 0. The van der Waals surface area contributed by atoms with Crippen molar-refractivity contribution in [2.75, 3.05) is 6.79 Å². The van der Waals surface area contributed by atoms with E-state index in [1.807, 2.05) is 13.0 Å². The predicted octanol–water partition coefficient (Wildman–Crippen LogP) is 3.16. The Labute approximate surface area is 152 Å². The molecule has 2 aromatic carbocycles. The van der Waals surface area contributed by atoms with Crippen molar-refractivity contribution < 1.29 is 18.4 Å². The number of fused-ring (bicyclic) bond motifs is 1. The minimum absolute atomic E-state index is 0.196. The third kappa shape index (κ3) is 2.60. The molecule has 4 aromatic rings. The van der Waals surface area contributed by atoms with Gasteiger partial charge in [-0.25, -0.2) is 9.07 Å². The Bertz CT molecular complexity index is 1140. The van der Waals surface area contributed by atoms with E-state index in [0.29, 0.717) is 34.4 Å². The van der Waals surface area contributed by atoms with Crippen molar-refractivity contribution in [3.05, 3.63) is 54.0 Å². The van der Waals surface area contributed by atoms with E-state index >= 15 is 0 Å². The zero-order chi connectivity index (χ0) is 18.4. The van der Waals surface area contributed by atoms with Crippen molar-refractivity contribution in [1.29, 1.82) is 0 Å². The lowest BCUT2D eigenvalue weighted by molar-refractivity contribution is 0.174. The van der Waals surface area contributed by atoms with Gasteiger partial charge in [0, 0.05) is 5.56 Å². The molecule has 0 unspecified atom stereocenters. The topological polar surface area (TPSA) is 88.1 Å². The lowest BCUT2D eigenvalue weighted by Gasteiger charge is -2.02. The van der Waals surface area contributed by atoms with Crippen LogP contribution in [-0.2, 0) is 0 Å². The SMILES string of the molecule is Cc1c(-c2nc(-c3ccc4c(c3)OCO4)no2)nnn1-c1ccc(F)cc1. The van der Waals surface area contributed by atoms with Gasteiger partial charge in [0.1, 0.15) is 5.82 Å². The third-order valence-electron chi connectivity index (χ3n) is 4.23. The Kier molecular flexibility index (Phi) is 3.39. The van der Waals surface area contributed by atoms with Crippen molar-refractivity contribution in [2.24, 2.45) is 0 Å². The Hall–Kier alpha value is -3.75. The molecule has 3 heterocycles. The lowest BCUT2D eigenvalue weighted by Crippen LogP contribution is -1.99. The first-order valence-corrected chi connectivity index (χ1v) is 8.11. The molecule has 134 valence electrons. The molecule has 1 aliphatic rings. The fourth-order valence-electron chi connectivity index (χ4n) is 2.83. The molecule has 9 heteroatoms. The minimum atomic E-state index is -0.318. The molecule has 5 rings (SSSR count). The summed E-state index contributed by atoms with van der Waals surface area (Å²) in [5.41, 5.74) is 2.57. The van der Waals surface area contributed by atoms with Crippen molar-refractivity contribution in [2.45, 2.75) is 6.92 Å². The highest BCUT2D eigenvalue weighted by atomic mass is 19.1. The van der Waals surface area contributed by atoms with E-state index in [-0.39, 0.29) is 18.5 Å². The van der Waals surface area contributed by atoms with Crippen LogP contribution in [-0.4, -0.2) is 31.9 Å². The second-order valence-corrected chi connectivity index (χ2v) is 5.90. The highest BCUT2D eigenvalue weighted by Gasteiger charge is 2.20. The van der Waals surface area contributed by atoms with Crippen molar-refractivity contribution in [3.8, 4) is 40.2 Å². The minimum Gasteiger partial charge on any atom is -0.454 e. The highest BCUT2D eigenvalue weighted by Crippen LogP contribution is 2.35. The van der Waals surface area contributed by atoms with E-state index in [0.717, 1.165) is 5.56 Å². The predicted molar refractivity (Wildman–Crippen MR) is 90.9 cm³/mol. The highest BCUT2D eigenvalue weighted by molar-refractivity contribution is 5.63. The first-order valence-electron chi connectivity index (χ1n) is 8.11. The molecule has 0 bridgehead atoms. The number of nitrogens with zero attached hydrogens (tertiary/aromatic N) is 5. The maximum Gasteiger partial charge on any atom is 0.280 e. The second-order valence-electron chi connectivity index (χ2n) is 5.90. The summed E-state index contributed by atoms with van der Waals surface area (Å²) in [6.07, 6.45) is 0. The molecule has 27 heavy (non-hydrogen) atoms. The van der Waals surface area contributed by atoms with Gasteiger partial charge in [0.15, 0.2) is 17.2 Å². The number of hydrogen-bond donors (Lipinski definition) is 0. The molecule has 0 amide bonds. The van der Waals surface area contributed by atoms with E-state index in [2.05, 4.69) is 20.5 Å². The number of ether oxygens (including phenoxy) is 2. The molecule has 0 aliphatic carbocycles. The molecular weight excluding hydrogens is 353 g/mol. The Morgan fingerprint density at radius 1 is 1.04 bits per heavy atom. The van der Waals surface area contributed by atoms with Gasteiger partial charge in [0.05, 0.1) is 11.4 Å². The van der Waals surface area contributed by atoms with Gasteiger partial charge >= 0.3 is 0 Å². The average Bonchev–Trinajstić information content (AvgIpc) is 3.41. The third-order valence-corrected chi connectivity index (χ3v) is 4.23. The maximum absolute atomic E-state index is 13.1. The Balaban J connectivity index is 1.49.